The SMILES string of the molecule is Cc1ccc([C@@H](C#N)CC(=O)c2ccc(Cl)cc2)cc1. The number of benzene rings is 2. The van der Waals surface area contributed by atoms with Crippen molar-refractivity contribution in [1.82, 2.24) is 0 Å². The van der Waals surface area contributed by atoms with Crippen LogP contribution in [-0.2, 0) is 0 Å². The lowest BCUT2D eigenvalue weighted by Gasteiger charge is -2.09. The highest BCUT2D eigenvalue weighted by Crippen LogP contribution is 2.22. The van der Waals surface area contributed by atoms with Crippen LogP contribution in [0.3, 0.4) is 0 Å². The molecule has 0 saturated heterocycles. The Labute approximate surface area is 123 Å². The van der Waals surface area contributed by atoms with Crippen molar-refractivity contribution < 1.29 is 4.79 Å². The first kappa shape index (κ1) is 14.3. The van der Waals surface area contributed by atoms with Gasteiger partial charge in [-0.05, 0) is 36.8 Å². The first-order valence-electron chi connectivity index (χ1n) is 6.35. The second-order valence-corrected chi connectivity index (χ2v) is 5.16. The summed E-state index contributed by atoms with van der Waals surface area (Å²) in [5.74, 6) is -0.465. The molecule has 0 spiro atoms. The molecule has 3 heteroatoms. The maximum Gasteiger partial charge on any atom is 0.164 e. The third-order valence-electron chi connectivity index (χ3n) is 3.19. The van der Waals surface area contributed by atoms with E-state index in [0.717, 1.165) is 11.1 Å². The molecule has 0 bridgehead atoms. The Morgan fingerprint density at radius 1 is 1.15 bits per heavy atom. The summed E-state index contributed by atoms with van der Waals surface area (Å²) in [4.78, 5) is 12.2. The Morgan fingerprint density at radius 2 is 1.75 bits per heavy atom. The molecule has 0 fully saturated rings. The standard InChI is InChI=1S/C17H14ClNO/c1-12-2-4-13(5-3-12)15(11-19)10-17(20)14-6-8-16(18)9-7-14/h2-9,15H,10H2,1H3/t15-/m1/s1. The van der Waals surface area contributed by atoms with Crippen molar-refractivity contribution in [1.29, 1.82) is 5.26 Å². The first-order chi connectivity index (χ1) is 9.60. The van der Waals surface area contributed by atoms with Gasteiger partial charge in [0, 0.05) is 17.0 Å². The fraction of sp³-hybridized carbons (Fsp3) is 0.176. The summed E-state index contributed by atoms with van der Waals surface area (Å²) < 4.78 is 0. The van der Waals surface area contributed by atoms with Crippen molar-refractivity contribution in [2.75, 3.05) is 0 Å². The van der Waals surface area contributed by atoms with Crippen molar-refractivity contribution in [3.8, 4) is 6.07 Å². The molecule has 0 amide bonds. The minimum absolute atomic E-state index is 0.0474. The number of halogens is 1. The molecule has 2 aromatic rings. The summed E-state index contributed by atoms with van der Waals surface area (Å²) in [5.41, 5.74) is 2.59. The third-order valence-corrected chi connectivity index (χ3v) is 3.44. The molecule has 0 unspecified atom stereocenters. The Balaban J connectivity index is 2.14. The summed E-state index contributed by atoms with van der Waals surface area (Å²) in [6.07, 6.45) is 0.182. The number of ketones is 1. The molecule has 2 nitrogen and oxygen atoms in total. The van der Waals surface area contributed by atoms with Crippen LogP contribution in [0.4, 0.5) is 0 Å². The number of Topliss-reactive ketones (excluding diaryl/α,β-unsaturated/α-hetero) is 1. The molecule has 0 N–H and O–H groups in total. The van der Waals surface area contributed by atoms with Gasteiger partial charge in [0.2, 0.25) is 0 Å². The van der Waals surface area contributed by atoms with Crippen molar-refractivity contribution in [2.45, 2.75) is 19.3 Å². The lowest BCUT2D eigenvalue weighted by atomic mass is 9.92. The minimum atomic E-state index is -0.418. The van der Waals surface area contributed by atoms with E-state index in [1.807, 2.05) is 31.2 Å². The fourth-order valence-electron chi connectivity index (χ4n) is 1.98. The van der Waals surface area contributed by atoms with Gasteiger partial charge >= 0.3 is 0 Å². The molecule has 100 valence electrons. The van der Waals surface area contributed by atoms with E-state index in [2.05, 4.69) is 6.07 Å². The summed E-state index contributed by atoms with van der Waals surface area (Å²) >= 11 is 5.80. The molecule has 0 aliphatic rings. The van der Waals surface area contributed by atoms with Crippen LogP contribution < -0.4 is 0 Å². The van der Waals surface area contributed by atoms with Gasteiger partial charge in [0.05, 0.1) is 12.0 Å². The van der Waals surface area contributed by atoms with Crippen molar-refractivity contribution in [3.63, 3.8) is 0 Å². The highest BCUT2D eigenvalue weighted by atomic mass is 35.5. The van der Waals surface area contributed by atoms with Crippen molar-refractivity contribution >= 4 is 17.4 Å². The summed E-state index contributed by atoms with van der Waals surface area (Å²) in [7, 11) is 0. The van der Waals surface area contributed by atoms with Crippen LogP contribution >= 0.6 is 11.6 Å². The number of hydrogen-bond donors (Lipinski definition) is 0. The Morgan fingerprint density at radius 3 is 2.30 bits per heavy atom. The lowest BCUT2D eigenvalue weighted by Crippen LogP contribution is -2.06. The number of hydrogen-bond acceptors (Lipinski definition) is 2. The van der Waals surface area contributed by atoms with Gasteiger partial charge < -0.3 is 0 Å². The Bertz CT molecular complexity index is 638. The molecule has 0 aliphatic heterocycles. The molecule has 0 saturated carbocycles. The quantitative estimate of drug-likeness (QED) is 0.774. The number of nitrogens with zero attached hydrogens (tertiary/aromatic N) is 1. The molecule has 0 aliphatic carbocycles. The topological polar surface area (TPSA) is 40.9 Å². The van der Waals surface area contributed by atoms with Gasteiger partial charge in [0.15, 0.2) is 5.78 Å². The summed E-state index contributed by atoms with van der Waals surface area (Å²) in [6, 6.07) is 16.6. The van der Waals surface area contributed by atoms with Crippen LogP contribution in [0, 0.1) is 18.3 Å². The van der Waals surface area contributed by atoms with E-state index in [-0.39, 0.29) is 12.2 Å². The van der Waals surface area contributed by atoms with Gasteiger partial charge in [-0.15, -0.1) is 0 Å². The fourth-order valence-corrected chi connectivity index (χ4v) is 2.10. The predicted octanol–water partition coefficient (Wildman–Crippen LogP) is 4.53. The van der Waals surface area contributed by atoms with Gasteiger partial charge in [-0.25, -0.2) is 0 Å². The summed E-state index contributed by atoms with van der Waals surface area (Å²) in [6.45, 7) is 1.99. The monoisotopic (exact) mass is 283 g/mol. The van der Waals surface area contributed by atoms with Crippen LogP contribution in [0.5, 0.6) is 0 Å². The zero-order valence-corrected chi connectivity index (χ0v) is 11.9. The second kappa shape index (κ2) is 6.36. The van der Waals surface area contributed by atoms with E-state index in [1.54, 1.807) is 24.3 Å². The number of carbonyl (C=O) groups excluding carboxylic acids is 1. The third kappa shape index (κ3) is 3.46. The molecule has 0 aromatic heterocycles. The van der Waals surface area contributed by atoms with E-state index in [4.69, 9.17) is 11.6 Å². The average Bonchev–Trinajstić information content (AvgIpc) is 2.46. The van der Waals surface area contributed by atoms with Crippen molar-refractivity contribution in [2.24, 2.45) is 0 Å². The highest BCUT2D eigenvalue weighted by Gasteiger charge is 2.16. The van der Waals surface area contributed by atoms with Crippen molar-refractivity contribution in [3.05, 3.63) is 70.2 Å². The number of nitriles is 1. The average molecular weight is 284 g/mol. The van der Waals surface area contributed by atoms with E-state index in [1.165, 1.54) is 0 Å². The van der Waals surface area contributed by atoms with E-state index in [0.29, 0.717) is 10.6 Å². The van der Waals surface area contributed by atoms with Crippen LogP contribution in [-0.4, -0.2) is 5.78 Å². The number of aryl methyl sites for hydroxylation is 1. The van der Waals surface area contributed by atoms with Crippen LogP contribution in [0.2, 0.25) is 5.02 Å². The molecular formula is C17H14ClNO. The van der Waals surface area contributed by atoms with E-state index < -0.39 is 5.92 Å². The molecule has 2 rings (SSSR count). The van der Waals surface area contributed by atoms with Crippen LogP contribution in [0.15, 0.2) is 48.5 Å². The summed E-state index contributed by atoms with van der Waals surface area (Å²) in [5, 5.41) is 9.86. The predicted molar refractivity (Wildman–Crippen MR) is 79.9 cm³/mol. The van der Waals surface area contributed by atoms with E-state index in [9.17, 15) is 10.1 Å². The maximum atomic E-state index is 12.2. The Hall–Kier alpha value is -2.11. The molecule has 2 aromatic carbocycles. The normalized spacial score (nSPS) is 11.7. The zero-order chi connectivity index (χ0) is 14.5. The minimum Gasteiger partial charge on any atom is -0.294 e. The zero-order valence-electron chi connectivity index (χ0n) is 11.1. The molecular weight excluding hydrogens is 270 g/mol. The first-order valence-corrected chi connectivity index (χ1v) is 6.73. The largest absolute Gasteiger partial charge is 0.294 e. The number of carbonyl (C=O) groups is 1. The Kier molecular flexibility index (Phi) is 4.55. The van der Waals surface area contributed by atoms with Gasteiger partial charge in [0.1, 0.15) is 0 Å². The van der Waals surface area contributed by atoms with Crippen LogP contribution in [0.1, 0.15) is 33.8 Å². The van der Waals surface area contributed by atoms with Gasteiger partial charge in [-0.3, -0.25) is 4.79 Å². The van der Waals surface area contributed by atoms with Crippen LogP contribution in [0.25, 0.3) is 0 Å². The maximum absolute atomic E-state index is 12.2. The second-order valence-electron chi connectivity index (χ2n) is 4.73. The van der Waals surface area contributed by atoms with Gasteiger partial charge in [-0.1, -0.05) is 41.4 Å². The molecule has 0 heterocycles. The molecule has 0 radical (unpaired) electrons. The highest BCUT2D eigenvalue weighted by molar-refractivity contribution is 6.30. The lowest BCUT2D eigenvalue weighted by molar-refractivity contribution is 0.0979. The van der Waals surface area contributed by atoms with E-state index >= 15 is 0 Å². The molecule has 1 atom stereocenters. The molecule has 20 heavy (non-hydrogen) atoms. The smallest absolute Gasteiger partial charge is 0.164 e. The van der Waals surface area contributed by atoms with Gasteiger partial charge in [0.25, 0.3) is 0 Å². The van der Waals surface area contributed by atoms with Gasteiger partial charge in [-0.2, -0.15) is 5.26 Å². The number of rotatable bonds is 4.